The molecule has 108 valence electrons. The van der Waals surface area contributed by atoms with Crippen molar-refractivity contribution in [3.8, 4) is 0 Å². The van der Waals surface area contributed by atoms with Crippen LogP contribution in [0.2, 0.25) is 0 Å². The van der Waals surface area contributed by atoms with Crippen LogP contribution in [0.4, 0.5) is 16.2 Å². The predicted molar refractivity (Wildman–Crippen MR) is 87.7 cm³/mol. The third kappa shape index (κ3) is 4.15. The van der Waals surface area contributed by atoms with E-state index < -0.39 is 12.0 Å². The topological polar surface area (TPSA) is 91.3 Å². The summed E-state index contributed by atoms with van der Waals surface area (Å²) in [6, 6.07) is 6.01. The molecule has 0 aliphatic heterocycles. The van der Waals surface area contributed by atoms with Crippen LogP contribution in [0, 0.1) is 10.5 Å². The van der Waals surface area contributed by atoms with Gasteiger partial charge >= 0.3 is 12.0 Å². The molecule has 0 unspecified atom stereocenters. The van der Waals surface area contributed by atoms with Crippen LogP contribution in [0.15, 0.2) is 36.7 Å². The molecule has 3 N–H and O–H groups in total. The van der Waals surface area contributed by atoms with Crippen molar-refractivity contribution in [2.75, 3.05) is 10.6 Å². The molecule has 0 spiro atoms. The Morgan fingerprint density at radius 3 is 2.62 bits per heavy atom. The minimum absolute atomic E-state index is 0.0411. The molecule has 0 bridgehead atoms. The second kappa shape index (κ2) is 6.53. The summed E-state index contributed by atoms with van der Waals surface area (Å²) in [6.45, 7) is 1.86. The Kier molecular flexibility index (Phi) is 4.73. The fourth-order valence-corrected chi connectivity index (χ4v) is 2.20. The van der Waals surface area contributed by atoms with Gasteiger partial charge in [-0.3, -0.25) is 4.98 Å². The van der Waals surface area contributed by atoms with Gasteiger partial charge in [0.05, 0.1) is 23.1 Å². The van der Waals surface area contributed by atoms with Crippen molar-refractivity contribution in [1.29, 1.82) is 0 Å². The van der Waals surface area contributed by atoms with E-state index >= 15 is 0 Å². The third-order valence-electron chi connectivity index (χ3n) is 2.59. The highest BCUT2D eigenvalue weighted by Gasteiger charge is 2.13. The van der Waals surface area contributed by atoms with Gasteiger partial charge in [0.25, 0.3) is 0 Å². The number of hydrogen-bond acceptors (Lipinski definition) is 3. The number of nitrogens with one attached hydrogen (secondary N) is 2. The number of halogens is 1. The number of hydrogen-bond donors (Lipinski definition) is 3. The van der Waals surface area contributed by atoms with Crippen molar-refractivity contribution in [3.05, 3.63) is 51.4 Å². The fraction of sp³-hybridized carbons (Fsp3) is 0.0714. The highest BCUT2D eigenvalue weighted by Crippen LogP contribution is 2.19. The molecule has 21 heavy (non-hydrogen) atoms. The average Bonchev–Trinajstić information content (AvgIpc) is 2.40. The molecule has 1 aromatic carbocycles. The summed E-state index contributed by atoms with van der Waals surface area (Å²) in [6.07, 6.45) is 3.18. The summed E-state index contributed by atoms with van der Waals surface area (Å²) in [7, 11) is 0. The second-order valence-electron chi connectivity index (χ2n) is 4.33. The SMILES string of the molecule is Cc1cncc(NC(=O)Nc2ccc(I)cc2C(=O)O)c1. The molecule has 1 aromatic heterocycles. The maximum Gasteiger partial charge on any atom is 0.337 e. The van der Waals surface area contributed by atoms with E-state index in [1.165, 1.54) is 12.3 Å². The molecule has 7 heteroatoms. The van der Waals surface area contributed by atoms with Crippen molar-refractivity contribution < 1.29 is 14.7 Å². The van der Waals surface area contributed by atoms with Crippen LogP contribution >= 0.6 is 22.6 Å². The Balaban J connectivity index is 2.15. The van der Waals surface area contributed by atoms with Crippen molar-refractivity contribution >= 4 is 46.0 Å². The Labute approximate surface area is 134 Å². The van der Waals surface area contributed by atoms with Crippen LogP contribution in [0.3, 0.4) is 0 Å². The molecule has 2 amide bonds. The number of aromatic nitrogens is 1. The number of benzene rings is 1. The number of anilines is 2. The van der Waals surface area contributed by atoms with Gasteiger partial charge in [-0.05, 0) is 59.3 Å². The summed E-state index contributed by atoms with van der Waals surface area (Å²) in [5, 5.41) is 14.3. The lowest BCUT2D eigenvalue weighted by molar-refractivity contribution is 0.0698. The Morgan fingerprint density at radius 2 is 1.95 bits per heavy atom. The maximum atomic E-state index is 11.9. The van der Waals surface area contributed by atoms with Crippen molar-refractivity contribution in [1.82, 2.24) is 4.98 Å². The van der Waals surface area contributed by atoms with E-state index in [-0.39, 0.29) is 11.3 Å². The number of nitrogens with zero attached hydrogens (tertiary/aromatic N) is 1. The van der Waals surface area contributed by atoms with Crippen molar-refractivity contribution in [3.63, 3.8) is 0 Å². The molecule has 0 aliphatic rings. The van der Waals surface area contributed by atoms with Crippen LogP contribution < -0.4 is 10.6 Å². The van der Waals surface area contributed by atoms with Gasteiger partial charge in [-0.2, -0.15) is 0 Å². The Morgan fingerprint density at radius 1 is 1.19 bits per heavy atom. The van der Waals surface area contributed by atoms with E-state index in [2.05, 4.69) is 15.6 Å². The molecular weight excluding hydrogens is 385 g/mol. The van der Waals surface area contributed by atoms with Gasteiger partial charge in [0.2, 0.25) is 0 Å². The lowest BCUT2D eigenvalue weighted by atomic mass is 10.2. The van der Waals surface area contributed by atoms with E-state index in [0.29, 0.717) is 5.69 Å². The highest BCUT2D eigenvalue weighted by molar-refractivity contribution is 14.1. The van der Waals surface area contributed by atoms with E-state index in [0.717, 1.165) is 9.13 Å². The first-order valence-corrected chi connectivity index (χ1v) is 7.06. The molecule has 2 rings (SSSR count). The number of aryl methyl sites for hydroxylation is 1. The summed E-state index contributed by atoms with van der Waals surface area (Å²) in [5.74, 6) is -1.10. The number of aromatic carboxylic acids is 1. The van der Waals surface area contributed by atoms with Gasteiger partial charge in [0.1, 0.15) is 0 Å². The van der Waals surface area contributed by atoms with Gasteiger partial charge in [-0.15, -0.1) is 0 Å². The molecule has 0 atom stereocenters. The van der Waals surface area contributed by atoms with Crippen LogP contribution in [0.1, 0.15) is 15.9 Å². The standard InChI is InChI=1S/C14H12IN3O3/c1-8-4-10(7-16-6-8)17-14(21)18-12-3-2-9(15)5-11(12)13(19)20/h2-7H,1H3,(H,19,20)(H2,17,18,21). The second-order valence-corrected chi connectivity index (χ2v) is 5.57. The molecular formula is C14H12IN3O3. The predicted octanol–water partition coefficient (Wildman–Crippen LogP) is 3.34. The normalized spacial score (nSPS) is 10.0. The number of urea groups is 1. The molecule has 6 nitrogen and oxygen atoms in total. The molecule has 0 fully saturated rings. The van der Waals surface area contributed by atoms with E-state index in [9.17, 15) is 9.59 Å². The molecule has 2 aromatic rings. The molecule has 0 aliphatic carbocycles. The fourth-order valence-electron chi connectivity index (χ4n) is 1.71. The summed E-state index contributed by atoms with van der Waals surface area (Å²) in [4.78, 5) is 27.0. The molecule has 1 heterocycles. The van der Waals surface area contributed by atoms with Crippen LogP contribution in [0.5, 0.6) is 0 Å². The van der Waals surface area contributed by atoms with E-state index in [1.807, 2.05) is 29.5 Å². The summed E-state index contributed by atoms with van der Waals surface area (Å²) >= 11 is 2.01. The summed E-state index contributed by atoms with van der Waals surface area (Å²) < 4.78 is 0.777. The number of carbonyl (C=O) groups is 2. The number of rotatable bonds is 3. The number of carbonyl (C=O) groups excluding carboxylic acids is 1. The minimum atomic E-state index is -1.10. The number of carboxylic acids is 1. The largest absolute Gasteiger partial charge is 0.478 e. The number of pyridine rings is 1. The monoisotopic (exact) mass is 397 g/mol. The Hall–Kier alpha value is -2.16. The average molecular weight is 397 g/mol. The Bertz CT molecular complexity index is 704. The zero-order valence-corrected chi connectivity index (χ0v) is 13.2. The zero-order chi connectivity index (χ0) is 15.4. The van der Waals surface area contributed by atoms with E-state index in [1.54, 1.807) is 24.4 Å². The first kappa shape index (κ1) is 15.2. The van der Waals surface area contributed by atoms with Crippen molar-refractivity contribution in [2.45, 2.75) is 6.92 Å². The summed E-state index contributed by atoms with van der Waals surface area (Å²) in [5.41, 5.74) is 1.73. The first-order chi connectivity index (χ1) is 9.95. The van der Waals surface area contributed by atoms with Crippen LogP contribution in [-0.4, -0.2) is 22.1 Å². The van der Waals surface area contributed by atoms with Gasteiger partial charge < -0.3 is 15.7 Å². The highest BCUT2D eigenvalue weighted by atomic mass is 127. The first-order valence-electron chi connectivity index (χ1n) is 5.98. The zero-order valence-electron chi connectivity index (χ0n) is 11.1. The van der Waals surface area contributed by atoms with Crippen LogP contribution in [-0.2, 0) is 0 Å². The van der Waals surface area contributed by atoms with Crippen molar-refractivity contribution in [2.24, 2.45) is 0 Å². The lowest BCUT2D eigenvalue weighted by Crippen LogP contribution is -2.21. The molecule has 0 radical (unpaired) electrons. The number of amides is 2. The van der Waals surface area contributed by atoms with Gasteiger partial charge in [0, 0.05) is 9.77 Å². The number of carboxylic acid groups (broad SMARTS) is 1. The molecule has 0 saturated carbocycles. The van der Waals surface area contributed by atoms with Gasteiger partial charge in [-0.25, -0.2) is 9.59 Å². The lowest BCUT2D eigenvalue weighted by Gasteiger charge is -2.10. The maximum absolute atomic E-state index is 11.9. The quantitative estimate of drug-likeness (QED) is 0.693. The minimum Gasteiger partial charge on any atom is -0.478 e. The van der Waals surface area contributed by atoms with Crippen LogP contribution in [0.25, 0.3) is 0 Å². The molecule has 0 saturated heterocycles. The smallest absolute Gasteiger partial charge is 0.337 e. The third-order valence-corrected chi connectivity index (χ3v) is 3.26. The van der Waals surface area contributed by atoms with Gasteiger partial charge in [-0.1, -0.05) is 0 Å². The van der Waals surface area contributed by atoms with Gasteiger partial charge in [0.15, 0.2) is 0 Å². The van der Waals surface area contributed by atoms with E-state index in [4.69, 9.17) is 5.11 Å².